The van der Waals surface area contributed by atoms with E-state index < -0.39 is 0 Å². The highest BCUT2D eigenvalue weighted by Gasteiger charge is 2.20. The number of methoxy groups -OCH3 is 3. The summed E-state index contributed by atoms with van der Waals surface area (Å²) in [5.74, 6) is 3.17. The van der Waals surface area contributed by atoms with Crippen LogP contribution in [0.15, 0.2) is 47.1 Å². The number of H-pyrrole nitrogens is 1. The lowest BCUT2D eigenvalue weighted by molar-refractivity contribution is 0.352. The lowest BCUT2D eigenvalue weighted by atomic mass is 10.0. The van der Waals surface area contributed by atoms with E-state index in [0.29, 0.717) is 35.7 Å². The summed E-state index contributed by atoms with van der Waals surface area (Å²) in [5.41, 5.74) is 16.2. The number of nitrogens with one attached hydrogen (secondary N) is 1. The molecule has 2 aromatic carbocycles. The molecule has 0 amide bonds. The van der Waals surface area contributed by atoms with Crippen molar-refractivity contribution in [1.29, 1.82) is 0 Å². The van der Waals surface area contributed by atoms with Crippen LogP contribution in [-0.2, 0) is 12.8 Å². The van der Waals surface area contributed by atoms with Gasteiger partial charge in [0.15, 0.2) is 11.3 Å². The van der Waals surface area contributed by atoms with Gasteiger partial charge < -0.3 is 35.1 Å². The number of aromatic amines is 1. The van der Waals surface area contributed by atoms with E-state index in [1.54, 1.807) is 27.5 Å². The quantitative estimate of drug-likeness (QED) is 0.331. The van der Waals surface area contributed by atoms with Crippen LogP contribution >= 0.6 is 0 Å². The minimum absolute atomic E-state index is 0.139. The predicted molar refractivity (Wildman–Crippen MR) is 131 cm³/mol. The van der Waals surface area contributed by atoms with Gasteiger partial charge >= 0.3 is 0 Å². The molecule has 3 aromatic heterocycles. The van der Waals surface area contributed by atoms with Crippen molar-refractivity contribution in [3.63, 3.8) is 0 Å². The Morgan fingerprint density at radius 2 is 1.76 bits per heavy atom. The van der Waals surface area contributed by atoms with Crippen molar-refractivity contribution in [3.8, 4) is 17.2 Å². The van der Waals surface area contributed by atoms with E-state index in [1.165, 1.54) is 0 Å². The van der Waals surface area contributed by atoms with Gasteiger partial charge in [-0.25, -0.2) is 4.98 Å². The van der Waals surface area contributed by atoms with Crippen LogP contribution < -0.4 is 25.7 Å². The summed E-state index contributed by atoms with van der Waals surface area (Å²) in [7, 11) is 4.85. The second kappa shape index (κ2) is 8.51. The highest BCUT2D eigenvalue weighted by molar-refractivity contribution is 5.90. The Balaban J connectivity index is 1.60. The Hall–Kier alpha value is -4.40. The number of ether oxygens (including phenoxy) is 3. The van der Waals surface area contributed by atoms with Gasteiger partial charge in [-0.2, -0.15) is 4.98 Å². The van der Waals surface area contributed by atoms with Crippen molar-refractivity contribution >= 4 is 33.6 Å². The molecule has 0 aliphatic rings. The maximum atomic E-state index is 6.31. The van der Waals surface area contributed by atoms with Crippen molar-refractivity contribution in [2.45, 2.75) is 12.8 Å². The van der Waals surface area contributed by atoms with Crippen LogP contribution in [0.4, 0.5) is 11.8 Å². The van der Waals surface area contributed by atoms with Crippen LogP contribution in [0.25, 0.3) is 21.9 Å². The third kappa shape index (κ3) is 3.71. The van der Waals surface area contributed by atoms with Gasteiger partial charge in [-0.3, -0.25) is 0 Å². The fraction of sp³-hybridized carbons (Fsp3) is 0.200. The van der Waals surface area contributed by atoms with E-state index in [2.05, 4.69) is 15.0 Å². The van der Waals surface area contributed by atoms with Crippen molar-refractivity contribution in [3.05, 3.63) is 65.2 Å². The van der Waals surface area contributed by atoms with Crippen LogP contribution in [0.1, 0.15) is 22.5 Å². The van der Waals surface area contributed by atoms with Crippen LogP contribution in [0.5, 0.6) is 17.2 Å². The number of hydrogen-bond donors (Lipinski definition) is 3. The number of rotatable bonds is 7. The Labute approximate surface area is 195 Å². The number of fused-ring (bicyclic) bond motifs is 2. The average Bonchev–Trinajstić information content (AvgIpc) is 3.44. The highest BCUT2D eigenvalue weighted by atomic mass is 16.5. The molecule has 3 heterocycles. The largest absolute Gasteiger partial charge is 0.497 e. The molecule has 0 saturated carbocycles. The summed E-state index contributed by atoms with van der Waals surface area (Å²) < 4.78 is 22.9. The van der Waals surface area contributed by atoms with Crippen LogP contribution in [0.2, 0.25) is 0 Å². The molecule has 0 atom stereocenters. The fourth-order valence-corrected chi connectivity index (χ4v) is 4.24. The standard InChI is InChI=1S/C25H25N5O4/c1-31-16-4-5-20-18(9-16)14(11-28-20)7-17-10-19-13(6-15-12-29-25(27)30-24(15)26)8-21(32-2)23(33-3)22(19)34-17/h4-5,8-12,28H,6-7H2,1-3H3,(H4,26,27,29,30). The second-order valence-corrected chi connectivity index (χ2v) is 7.94. The molecule has 0 spiro atoms. The number of nitrogens with two attached hydrogens (primary N) is 2. The molecule has 0 radical (unpaired) electrons. The van der Waals surface area contributed by atoms with Gasteiger partial charge in [0.1, 0.15) is 17.3 Å². The molecule has 9 nitrogen and oxygen atoms in total. The zero-order chi connectivity index (χ0) is 23.8. The van der Waals surface area contributed by atoms with Crippen molar-refractivity contribution in [1.82, 2.24) is 15.0 Å². The number of nitrogen functional groups attached to an aromatic ring is 2. The van der Waals surface area contributed by atoms with Gasteiger partial charge in [-0.15, -0.1) is 0 Å². The molecule has 0 unspecified atom stereocenters. The number of nitrogens with zero attached hydrogens (tertiary/aromatic N) is 2. The van der Waals surface area contributed by atoms with Crippen LogP contribution in [0.3, 0.4) is 0 Å². The molecule has 5 N–H and O–H groups in total. The normalized spacial score (nSPS) is 11.3. The fourth-order valence-electron chi connectivity index (χ4n) is 4.24. The van der Waals surface area contributed by atoms with Crippen molar-refractivity contribution in [2.24, 2.45) is 0 Å². The van der Waals surface area contributed by atoms with Crippen molar-refractivity contribution in [2.75, 3.05) is 32.8 Å². The number of benzene rings is 2. The molecule has 5 aromatic rings. The summed E-state index contributed by atoms with van der Waals surface area (Å²) in [6, 6.07) is 9.90. The SMILES string of the molecule is COc1ccc2[nH]cc(Cc3cc4c(Cc5cnc(N)nc5N)cc(OC)c(OC)c4o3)c2c1. The summed E-state index contributed by atoms with van der Waals surface area (Å²) in [6.45, 7) is 0. The Bertz CT molecular complexity index is 1500. The maximum absolute atomic E-state index is 6.31. The first kappa shape index (κ1) is 21.4. The summed E-state index contributed by atoms with van der Waals surface area (Å²) >= 11 is 0. The molecule has 0 aliphatic carbocycles. The smallest absolute Gasteiger partial charge is 0.221 e. The lowest BCUT2D eigenvalue weighted by Gasteiger charge is -2.12. The van der Waals surface area contributed by atoms with Gasteiger partial charge in [-0.1, -0.05) is 0 Å². The monoisotopic (exact) mass is 459 g/mol. The zero-order valence-electron chi connectivity index (χ0n) is 19.1. The van der Waals surface area contributed by atoms with Gasteiger partial charge in [0, 0.05) is 47.1 Å². The van der Waals surface area contributed by atoms with Crippen LogP contribution in [0, 0.1) is 0 Å². The number of furan rings is 1. The van der Waals surface area contributed by atoms with Crippen molar-refractivity contribution < 1.29 is 18.6 Å². The van der Waals surface area contributed by atoms with E-state index in [1.807, 2.05) is 36.5 Å². The predicted octanol–water partition coefficient (Wildman–Crippen LogP) is 4.08. The first-order chi connectivity index (χ1) is 16.5. The van der Waals surface area contributed by atoms with Crippen LogP contribution in [-0.4, -0.2) is 36.3 Å². The molecule has 5 rings (SSSR count). The molecular formula is C25H25N5O4. The first-order valence-corrected chi connectivity index (χ1v) is 10.7. The Kier molecular flexibility index (Phi) is 5.37. The lowest BCUT2D eigenvalue weighted by Crippen LogP contribution is -2.04. The third-order valence-electron chi connectivity index (χ3n) is 5.93. The van der Waals surface area contributed by atoms with Gasteiger partial charge in [0.2, 0.25) is 11.7 Å². The molecule has 9 heteroatoms. The molecule has 0 fully saturated rings. The van der Waals surface area contributed by atoms with E-state index in [-0.39, 0.29) is 5.95 Å². The summed E-state index contributed by atoms with van der Waals surface area (Å²) in [6.07, 6.45) is 4.69. The average molecular weight is 460 g/mol. The molecular weight excluding hydrogens is 434 g/mol. The minimum atomic E-state index is 0.139. The van der Waals surface area contributed by atoms with E-state index >= 15 is 0 Å². The number of aromatic nitrogens is 3. The van der Waals surface area contributed by atoms with E-state index in [0.717, 1.165) is 44.5 Å². The number of anilines is 2. The molecule has 0 aliphatic heterocycles. The number of hydrogen-bond acceptors (Lipinski definition) is 8. The third-order valence-corrected chi connectivity index (χ3v) is 5.93. The van der Waals surface area contributed by atoms with Gasteiger partial charge in [0.05, 0.1) is 21.3 Å². The first-order valence-electron chi connectivity index (χ1n) is 10.7. The molecule has 34 heavy (non-hydrogen) atoms. The second-order valence-electron chi connectivity index (χ2n) is 7.94. The molecule has 0 saturated heterocycles. The van der Waals surface area contributed by atoms with Gasteiger partial charge in [0.25, 0.3) is 0 Å². The minimum Gasteiger partial charge on any atom is -0.497 e. The maximum Gasteiger partial charge on any atom is 0.221 e. The zero-order valence-corrected chi connectivity index (χ0v) is 19.1. The summed E-state index contributed by atoms with van der Waals surface area (Å²) in [4.78, 5) is 11.5. The van der Waals surface area contributed by atoms with Gasteiger partial charge in [-0.05, 0) is 41.5 Å². The van der Waals surface area contributed by atoms with E-state index in [9.17, 15) is 0 Å². The van der Waals surface area contributed by atoms with E-state index in [4.69, 9.17) is 30.1 Å². The Morgan fingerprint density at radius 3 is 2.50 bits per heavy atom. The summed E-state index contributed by atoms with van der Waals surface area (Å²) in [5, 5.41) is 1.98. The highest BCUT2D eigenvalue weighted by Crippen LogP contribution is 2.41. The topological polar surface area (TPSA) is 134 Å². The Morgan fingerprint density at radius 1 is 0.912 bits per heavy atom. The molecule has 174 valence electrons. The molecule has 0 bridgehead atoms.